The number of oxime groups is 1. The fourth-order valence-electron chi connectivity index (χ4n) is 7.22. The number of Topliss-reactive ketones (excluding diaryl/α,β-unsaturated/α-hetero) is 1. The molecule has 0 bridgehead atoms. The lowest BCUT2D eigenvalue weighted by Gasteiger charge is -2.57. The Hall–Kier alpha value is -2.02. The summed E-state index contributed by atoms with van der Waals surface area (Å²) in [6.45, 7) is 6.22. The number of rotatable bonds is 5. The minimum Gasteiger partial charge on any atom is -0.394 e. The van der Waals surface area contributed by atoms with E-state index in [2.05, 4.69) is 35.4 Å². The van der Waals surface area contributed by atoms with Crippen LogP contribution in [0.5, 0.6) is 0 Å². The molecular formula is C24H35N5O2. The summed E-state index contributed by atoms with van der Waals surface area (Å²) in [5.41, 5.74) is 9.18. The van der Waals surface area contributed by atoms with Gasteiger partial charge < -0.3 is 10.6 Å². The molecule has 1 aromatic rings. The highest BCUT2D eigenvalue weighted by molar-refractivity contribution is 5.96. The number of ketones is 1. The van der Waals surface area contributed by atoms with E-state index in [9.17, 15) is 4.79 Å². The summed E-state index contributed by atoms with van der Waals surface area (Å²) in [6.07, 6.45) is 12.8. The molecule has 7 heteroatoms. The molecule has 0 aromatic carbocycles. The van der Waals surface area contributed by atoms with E-state index in [0.29, 0.717) is 43.2 Å². The van der Waals surface area contributed by atoms with Crippen molar-refractivity contribution < 1.29 is 9.63 Å². The SMILES string of the molecule is CC12CCC3C(CCC4=CC(=NOCCn5cc(CN)nn5)CCC43C)C1CCC2=O. The van der Waals surface area contributed by atoms with Crippen molar-refractivity contribution >= 4 is 11.5 Å². The van der Waals surface area contributed by atoms with E-state index in [1.807, 2.05) is 6.20 Å². The van der Waals surface area contributed by atoms with Gasteiger partial charge in [-0.1, -0.05) is 29.8 Å². The van der Waals surface area contributed by atoms with Crippen molar-refractivity contribution in [2.45, 2.75) is 78.3 Å². The second-order valence-corrected chi connectivity index (χ2v) is 10.5. The normalized spacial score (nSPS) is 38.4. The molecule has 3 fully saturated rings. The molecule has 1 heterocycles. The average Bonchev–Trinajstić information content (AvgIpc) is 3.35. The Morgan fingerprint density at radius 1 is 1.16 bits per heavy atom. The molecule has 4 aliphatic carbocycles. The molecule has 5 atom stereocenters. The van der Waals surface area contributed by atoms with E-state index in [-0.39, 0.29) is 10.8 Å². The van der Waals surface area contributed by atoms with Gasteiger partial charge in [0.05, 0.1) is 18.0 Å². The topological polar surface area (TPSA) is 95.4 Å². The highest BCUT2D eigenvalue weighted by Crippen LogP contribution is 2.64. The zero-order chi connectivity index (χ0) is 21.6. The fourth-order valence-corrected chi connectivity index (χ4v) is 7.22. The van der Waals surface area contributed by atoms with Crippen LogP contribution in [-0.4, -0.2) is 33.1 Å². The maximum absolute atomic E-state index is 12.6. The first-order valence-corrected chi connectivity index (χ1v) is 12.0. The summed E-state index contributed by atoms with van der Waals surface area (Å²) in [6, 6.07) is 0. The first kappa shape index (κ1) is 20.9. The first-order valence-electron chi connectivity index (χ1n) is 12.0. The molecule has 0 amide bonds. The van der Waals surface area contributed by atoms with Crippen molar-refractivity contribution in [3.63, 3.8) is 0 Å². The number of hydrogen-bond acceptors (Lipinski definition) is 6. The van der Waals surface area contributed by atoms with Gasteiger partial charge in [-0.05, 0) is 74.2 Å². The van der Waals surface area contributed by atoms with Crippen LogP contribution in [0.2, 0.25) is 0 Å². The fraction of sp³-hybridized carbons (Fsp3) is 0.750. The summed E-state index contributed by atoms with van der Waals surface area (Å²) in [4.78, 5) is 18.2. The van der Waals surface area contributed by atoms with Gasteiger partial charge in [-0.15, -0.1) is 5.10 Å². The quantitative estimate of drug-likeness (QED) is 0.574. The predicted octanol–water partition coefficient (Wildman–Crippen LogP) is 3.64. The molecule has 0 spiro atoms. The lowest BCUT2D eigenvalue weighted by atomic mass is 9.47. The number of fused-ring (bicyclic) bond motifs is 5. The summed E-state index contributed by atoms with van der Waals surface area (Å²) in [5, 5.41) is 12.5. The zero-order valence-corrected chi connectivity index (χ0v) is 18.8. The number of carbonyl (C=O) groups excluding carboxylic acids is 1. The van der Waals surface area contributed by atoms with Crippen LogP contribution >= 0.6 is 0 Å². The van der Waals surface area contributed by atoms with Crippen molar-refractivity contribution in [1.29, 1.82) is 0 Å². The first-order chi connectivity index (χ1) is 14.9. The van der Waals surface area contributed by atoms with Crippen molar-refractivity contribution in [2.24, 2.45) is 39.5 Å². The Kier molecular flexibility index (Phi) is 5.27. The third-order valence-electron chi connectivity index (χ3n) is 9.08. The van der Waals surface area contributed by atoms with Crippen LogP contribution in [0, 0.1) is 28.6 Å². The molecule has 0 aliphatic heterocycles. The average molecular weight is 426 g/mol. The maximum Gasteiger partial charge on any atom is 0.139 e. The minimum atomic E-state index is -0.0388. The van der Waals surface area contributed by atoms with E-state index >= 15 is 0 Å². The van der Waals surface area contributed by atoms with Crippen molar-refractivity contribution in [3.05, 3.63) is 23.5 Å². The molecule has 5 unspecified atom stereocenters. The molecule has 7 nitrogen and oxygen atoms in total. The van der Waals surface area contributed by atoms with E-state index < -0.39 is 0 Å². The Morgan fingerprint density at radius 3 is 2.81 bits per heavy atom. The van der Waals surface area contributed by atoms with Crippen LogP contribution in [0.25, 0.3) is 0 Å². The standard InChI is InChI=1S/C24H35N5O2/c1-23-9-7-17(27-31-12-11-29-15-18(14-25)26-28-29)13-16(23)3-4-19-20-5-6-22(30)24(20,2)10-8-21(19)23/h13,15,19-21H,3-12,14,25H2,1-2H3. The van der Waals surface area contributed by atoms with Gasteiger partial charge in [0, 0.05) is 24.6 Å². The largest absolute Gasteiger partial charge is 0.394 e. The monoisotopic (exact) mass is 425 g/mol. The second kappa shape index (κ2) is 7.84. The number of aromatic nitrogens is 3. The van der Waals surface area contributed by atoms with Gasteiger partial charge in [0.25, 0.3) is 0 Å². The number of nitrogens with two attached hydrogens (primary N) is 1. The Morgan fingerprint density at radius 2 is 2.00 bits per heavy atom. The zero-order valence-electron chi connectivity index (χ0n) is 18.8. The van der Waals surface area contributed by atoms with E-state index in [1.54, 1.807) is 10.3 Å². The van der Waals surface area contributed by atoms with Gasteiger partial charge in [0.2, 0.25) is 0 Å². The van der Waals surface area contributed by atoms with Gasteiger partial charge in [-0.3, -0.25) is 4.79 Å². The van der Waals surface area contributed by atoms with Crippen LogP contribution in [0.1, 0.15) is 70.9 Å². The minimum absolute atomic E-state index is 0.0388. The number of hydrogen-bond donors (Lipinski definition) is 1. The predicted molar refractivity (Wildman–Crippen MR) is 118 cm³/mol. The Balaban J connectivity index is 1.24. The van der Waals surface area contributed by atoms with Gasteiger partial charge in [0.15, 0.2) is 0 Å². The van der Waals surface area contributed by atoms with Crippen LogP contribution in [0.3, 0.4) is 0 Å². The number of carbonyl (C=O) groups is 1. The lowest BCUT2D eigenvalue weighted by Crippen LogP contribution is -2.50. The molecule has 2 N–H and O–H groups in total. The smallest absolute Gasteiger partial charge is 0.139 e. The van der Waals surface area contributed by atoms with E-state index in [1.165, 1.54) is 12.8 Å². The van der Waals surface area contributed by atoms with Crippen molar-refractivity contribution in [3.8, 4) is 0 Å². The molecule has 0 saturated heterocycles. The highest BCUT2D eigenvalue weighted by Gasteiger charge is 2.58. The van der Waals surface area contributed by atoms with Gasteiger partial charge >= 0.3 is 0 Å². The molecular weight excluding hydrogens is 390 g/mol. The van der Waals surface area contributed by atoms with Crippen molar-refractivity contribution in [2.75, 3.05) is 6.61 Å². The molecule has 31 heavy (non-hydrogen) atoms. The van der Waals surface area contributed by atoms with Crippen LogP contribution in [-0.2, 0) is 22.7 Å². The lowest BCUT2D eigenvalue weighted by molar-refractivity contribution is -0.132. The van der Waals surface area contributed by atoms with Gasteiger partial charge in [0.1, 0.15) is 12.4 Å². The second-order valence-electron chi connectivity index (χ2n) is 10.5. The Labute approximate surface area is 184 Å². The summed E-state index contributed by atoms with van der Waals surface area (Å²) >= 11 is 0. The summed E-state index contributed by atoms with van der Waals surface area (Å²) in [7, 11) is 0. The molecule has 0 radical (unpaired) electrons. The van der Waals surface area contributed by atoms with Crippen LogP contribution < -0.4 is 5.73 Å². The third-order valence-corrected chi connectivity index (χ3v) is 9.08. The molecule has 1 aromatic heterocycles. The number of allylic oxidation sites excluding steroid dienone is 2. The summed E-state index contributed by atoms with van der Waals surface area (Å²) < 4.78 is 1.74. The highest BCUT2D eigenvalue weighted by atomic mass is 16.6. The van der Waals surface area contributed by atoms with Crippen molar-refractivity contribution in [1.82, 2.24) is 15.0 Å². The summed E-state index contributed by atoms with van der Waals surface area (Å²) in [5.74, 6) is 2.56. The number of nitrogens with zero attached hydrogens (tertiary/aromatic N) is 4. The van der Waals surface area contributed by atoms with Gasteiger partial charge in [-0.25, -0.2) is 4.68 Å². The molecule has 4 aliphatic rings. The maximum atomic E-state index is 12.6. The Bertz CT molecular complexity index is 921. The molecule has 168 valence electrons. The van der Waals surface area contributed by atoms with Crippen LogP contribution in [0.4, 0.5) is 0 Å². The third kappa shape index (κ3) is 3.45. The van der Waals surface area contributed by atoms with E-state index in [0.717, 1.165) is 49.9 Å². The van der Waals surface area contributed by atoms with E-state index in [4.69, 9.17) is 10.6 Å². The molecule has 5 rings (SSSR count). The van der Waals surface area contributed by atoms with Gasteiger partial charge in [-0.2, -0.15) is 0 Å². The molecule has 3 saturated carbocycles. The van der Waals surface area contributed by atoms with Crippen LogP contribution in [0.15, 0.2) is 23.0 Å².